The molecular weight excluding hydrogens is 152 g/mol. The van der Waals surface area contributed by atoms with Crippen LogP contribution in [0.3, 0.4) is 0 Å². The quantitative estimate of drug-likeness (QED) is 0.587. The van der Waals surface area contributed by atoms with Crippen LogP contribution in [-0.4, -0.2) is 15.4 Å². The molecular formula is C6H7ClN2O. The number of aryl methyl sites for hydroxylation is 1. The van der Waals surface area contributed by atoms with Crippen molar-refractivity contribution >= 4 is 11.6 Å². The summed E-state index contributed by atoms with van der Waals surface area (Å²) in [5, 5.41) is 0. The van der Waals surface area contributed by atoms with E-state index in [0.29, 0.717) is 12.4 Å². The Morgan fingerprint density at radius 2 is 2.50 bits per heavy atom. The minimum atomic E-state index is -0.0596. The molecule has 3 nitrogen and oxygen atoms in total. The Morgan fingerprint density at radius 3 is 3.10 bits per heavy atom. The highest BCUT2D eigenvalue weighted by Crippen LogP contribution is 1.80. The summed E-state index contributed by atoms with van der Waals surface area (Å²) in [6.07, 6.45) is 2.94. The van der Waals surface area contributed by atoms with Crippen molar-refractivity contribution in [3.63, 3.8) is 0 Å². The number of rotatable bonds is 2. The molecule has 0 amide bonds. The highest BCUT2D eigenvalue weighted by molar-refractivity contribution is 6.17. The second kappa shape index (κ2) is 3.37. The van der Waals surface area contributed by atoms with Gasteiger partial charge in [0.15, 0.2) is 0 Å². The topological polar surface area (TPSA) is 34.9 Å². The lowest BCUT2D eigenvalue weighted by Gasteiger charge is -1.97. The molecule has 54 valence electrons. The summed E-state index contributed by atoms with van der Waals surface area (Å²) in [5.41, 5.74) is -0.0596. The summed E-state index contributed by atoms with van der Waals surface area (Å²) in [6, 6.07) is 1.41. The second-order valence-corrected chi connectivity index (χ2v) is 2.18. The molecule has 1 rings (SSSR count). The van der Waals surface area contributed by atoms with Gasteiger partial charge in [0.2, 0.25) is 0 Å². The van der Waals surface area contributed by atoms with Crippen LogP contribution in [0, 0.1) is 0 Å². The van der Waals surface area contributed by atoms with E-state index in [9.17, 15) is 4.79 Å². The molecule has 0 saturated carbocycles. The maximum atomic E-state index is 10.9. The number of hydrogen-bond acceptors (Lipinski definition) is 2. The Morgan fingerprint density at radius 1 is 1.70 bits per heavy atom. The van der Waals surface area contributed by atoms with Gasteiger partial charge in [-0.2, -0.15) is 0 Å². The monoisotopic (exact) mass is 158 g/mol. The predicted molar refractivity (Wildman–Crippen MR) is 39.2 cm³/mol. The highest BCUT2D eigenvalue weighted by atomic mass is 35.5. The fourth-order valence-electron chi connectivity index (χ4n) is 0.637. The van der Waals surface area contributed by atoms with Crippen LogP contribution in [0.1, 0.15) is 0 Å². The first-order valence-electron chi connectivity index (χ1n) is 2.91. The van der Waals surface area contributed by atoms with Gasteiger partial charge in [-0.1, -0.05) is 0 Å². The van der Waals surface area contributed by atoms with Crippen molar-refractivity contribution in [2.45, 2.75) is 6.54 Å². The standard InChI is InChI=1S/C6H7ClN2O/c7-2-4-9-5-8-3-1-6(9)10/h1,3,5H,2,4H2. The molecule has 0 N–H and O–H groups in total. The van der Waals surface area contributed by atoms with E-state index < -0.39 is 0 Å². The number of aromatic nitrogens is 2. The highest BCUT2D eigenvalue weighted by Gasteiger charge is 1.90. The van der Waals surface area contributed by atoms with Gasteiger partial charge in [0, 0.05) is 24.7 Å². The summed E-state index contributed by atoms with van der Waals surface area (Å²) in [6.45, 7) is 0.522. The van der Waals surface area contributed by atoms with E-state index >= 15 is 0 Å². The van der Waals surface area contributed by atoms with E-state index in [4.69, 9.17) is 11.6 Å². The van der Waals surface area contributed by atoms with E-state index in [2.05, 4.69) is 4.98 Å². The molecule has 1 aromatic rings. The summed E-state index contributed by atoms with van der Waals surface area (Å²) >= 11 is 5.42. The van der Waals surface area contributed by atoms with Gasteiger partial charge in [0.1, 0.15) is 0 Å². The SMILES string of the molecule is O=c1ccncn1CCCl. The summed E-state index contributed by atoms with van der Waals surface area (Å²) < 4.78 is 1.47. The van der Waals surface area contributed by atoms with Gasteiger partial charge in [-0.15, -0.1) is 11.6 Å². The first kappa shape index (κ1) is 7.28. The van der Waals surface area contributed by atoms with Crippen molar-refractivity contribution in [1.82, 2.24) is 9.55 Å². The molecule has 0 aliphatic rings. The summed E-state index contributed by atoms with van der Waals surface area (Å²) in [5.74, 6) is 0.436. The van der Waals surface area contributed by atoms with Crippen LogP contribution in [0.2, 0.25) is 0 Å². The van der Waals surface area contributed by atoms with Gasteiger partial charge in [-0.3, -0.25) is 9.36 Å². The van der Waals surface area contributed by atoms with Crippen LogP contribution in [0.5, 0.6) is 0 Å². The fraction of sp³-hybridized carbons (Fsp3) is 0.333. The van der Waals surface area contributed by atoms with Crippen molar-refractivity contribution < 1.29 is 0 Å². The molecule has 0 unspecified atom stereocenters. The zero-order valence-corrected chi connectivity index (χ0v) is 6.08. The Hall–Kier alpha value is -0.830. The molecule has 0 atom stereocenters. The Kier molecular flexibility index (Phi) is 2.45. The third-order valence-corrected chi connectivity index (χ3v) is 1.29. The molecule has 10 heavy (non-hydrogen) atoms. The van der Waals surface area contributed by atoms with Crippen LogP contribution in [0.4, 0.5) is 0 Å². The van der Waals surface area contributed by atoms with E-state index in [1.165, 1.54) is 23.2 Å². The molecule has 1 heterocycles. The van der Waals surface area contributed by atoms with Gasteiger partial charge in [-0.25, -0.2) is 4.98 Å². The lowest BCUT2D eigenvalue weighted by Crippen LogP contribution is -2.19. The first-order chi connectivity index (χ1) is 4.84. The maximum Gasteiger partial charge on any atom is 0.253 e. The molecule has 1 aromatic heterocycles. The normalized spacial score (nSPS) is 9.70. The summed E-state index contributed by atoms with van der Waals surface area (Å²) in [7, 11) is 0. The molecule has 0 aliphatic heterocycles. The molecule has 0 aliphatic carbocycles. The zero-order valence-electron chi connectivity index (χ0n) is 5.33. The van der Waals surface area contributed by atoms with Crippen molar-refractivity contribution in [3.05, 3.63) is 28.9 Å². The van der Waals surface area contributed by atoms with E-state index in [0.717, 1.165) is 0 Å². The van der Waals surface area contributed by atoms with E-state index in [1.54, 1.807) is 0 Å². The average Bonchev–Trinajstić information content (AvgIpc) is 1.94. The fourth-order valence-corrected chi connectivity index (χ4v) is 0.819. The number of alkyl halides is 1. The summed E-state index contributed by atoms with van der Waals surface area (Å²) in [4.78, 5) is 14.6. The predicted octanol–water partition coefficient (Wildman–Crippen LogP) is 0.482. The molecule has 0 aromatic carbocycles. The van der Waals surface area contributed by atoms with Crippen LogP contribution in [0.15, 0.2) is 23.4 Å². The van der Waals surface area contributed by atoms with Gasteiger partial charge in [-0.05, 0) is 0 Å². The minimum Gasteiger partial charge on any atom is -0.298 e. The molecule has 0 fully saturated rings. The Labute approximate surface area is 63.3 Å². The molecule has 0 spiro atoms. The van der Waals surface area contributed by atoms with Gasteiger partial charge >= 0.3 is 0 Å². The lowest BCUT2D eigenvalue weighted by atomic mass is 10.6. The minimum absolute atomic E-state index is 0.0596. The Balaban J connectivity index is 2.92. The van der Waals surface area contributed by atoms with Crippen LogP contribution in [0.25, 0.3) is 0 Å². The maximum absolute atomic E-state index is 10.9. The molecule has 0 saturated heterocycles. The second-order valence-electron chi connectivity index (χ2n) is 1.80. The number of hydrogen-bond donors (Lipinski definition) is 0. The van der Waals surface area contributed by atoms with E-state index in [1.807, 2.05) is 0 Å². The molecule has 0 bridgehead atoms. The zero-order chi connectivity index (χ0) is 7.40. The van der Waals surface area contributed by atoms with Crippen molar-refractivity contribution in [1.29, 1.82) is 0 Å². The smallest absolute Gasteiger partial charge is 0.253 e. The van der Waals surface area contributed by atoms with Crippen LogP contribution in [-0.2, 0) is 6.54 Å². The van der Waals surface area contributed by atoms with Crippen molar-refractivity contribution in [3.8, 4) is 0 Å². The largest absolute Gasteiger partial charge is 0.298 e. The lowest BCUT2D eigenvalue weighted by molar-refractivity contribution is 0.711. The van der Waals surface area contributed by atoms with Crippen molar-refractivity contribution in [2.75, 3.05) is 5.88 Å². The first-order valence-corrected chi connectivity index (χ1v) is 3.44. The third-order valence-electron chi connectivity index (χ3n) is 1.12. The number of nitrogens with zero attached hydrogens (tertiary/aromatic N) is 2. The third kappa shape index (κ3) is 1.57. The van der Waals surface area contributed by atoms with Crippen molar-refractivity contribution in [2.24, 2.45) is 0 Å². The Bertz CT molecular complexity index is 258. The van der Waals surface area contributed by atoms with Gasteiger partial charge < -0.3 is 0 Å². The van der Waals surface area contributed by atoms with Gasteiger partial charge in [0.25, 0.3) is 5.56 Å². The molecule has 4 heteroatoms. The van der Waals surface area contributed by atoms with Crippen LogP contribution < -0.4 is 5.56 Å². The molecule has 0 radical (unpaired) electrons. The van der Waals surface area contributed by atoms with E-state index in [-0.39, 0.29) is 5.56 Å². The van der Waals surface area contributed by atoms with Gasteiger partial charge in [0.05, 0.1) is 6.33 Å². The average molecular weight is 159 g/mol. The van der Waals surface area contributed by atoms with Crippen LogP contribution >= 0.6 is 11.6 Å². The number of halogens is 1.